The summed E-state index contributed by atoms with van der Waals surface area (Å²) in [7, 11) is 0. The molecule has 0 bridgehead atoms. The summed E-state index contributed by atoms with van der Waals surface area (Å²) in [6.07, 6.45) is 0. The fourth-order valence-corrected chi connectivity index (χ4v) is 2.04. The number of nitrogens with zero attached hydrogens (tertiary/aromatic N) is 1. The number of nitrogens with two attached hydrogens (primary N) is 1. The third-order valence-corrected chi connectivity index (χ3v) is 3.41. The third-order valence-electron chi connectivity index (χ3n) is 2.47. The Hall–Kier alpha value is -0.820. The lowest BCUT2D eigenvalue weighted by Crippen LogP contribution is -2.39. The minimum absolute atomic E-state index is 0.0318. The van der Waals surface area contributed by atoms with E-state index in [1.54, 1.807) is 23.1 Å². The molecule has 0 saturated heterocycles. The highest BCUT2D eigenvalue weighted by Crippen LogP contribution is 2.18. The molecule has 0 aromatic heterocycles. The predicted octanol–water partition coefficient (Wildman–Crippen LogP) is 1.72. The second kappa shape index (κ2) is 6.20. The lowest BCUT2D eigenvalue weighted by Gasteiger charge is -2.26. The molecule has 4 nitrogen and oxygen atoms in total. The van der Waals surface area contributed by atoms with Crippen molar-refractivity contribution < 1.29 is 9.90 Å². The molecule has 1 rings (SSSR count). The van der Waals surface area contributed by atoms with Crippen molar-refractivity contribution in [3.63, 3.8) is 0 Å². The first kappa shape index (κ1) is 14.2. The Morgan fingerprint density at radius 3 is 2.65 bits per heavy atom. The van der Waals surface area contributed by atoms with Crippen LogP contribution in [-0.2, 0) is 0 Å². The largest absolute Gasteiger partial charge is 0.398 e. The number of carbonyl (C=O) groups is 1. The fraction of sp³-hybridized carbons (Fsp3) is 0.417. The molecule has 17 heavy (non-hydrogen) atoms. The molecule has 5 heteroatoms. The van der Waals surface area contributed by atoms with Gasteiger partial charge in [-0.1, -0.05) is 0 Å². The van der Waals surface area contributed by atoms with Gasteiger partial charge in [-0.05, 0) is 54.6 Å². The topological polar surface area (TPSA) is 66.6 Å². The van der Waals surface area contributed by atoms with Gasteiger partial charge in [0.1, 0.15) is 0 Å². The molecule has 0 radical (unpaired) electrons. The van der Waals surface area contributed by atoms with Crippen molar-refractivity contribution in [3.05, 3.63) is 27.3 Å². The molecule has 1 amide bonds. The number of anilines is 1. The van der Waals surface area contributed by atoms with Gasteiger partial charge in [-0.15, -0.1) is 0 Å². The minimum Gasteiger partial charge on any atom is -0.398 e. The van der Waals surface area contributed by atoms with E-state index in [-0.39, 0.29) is 18.6 Å². The van der Waals surface area contributed by atoms with Gasteiger partial charge < -0.3 is 15.7 Å². The van der Waals surface area contributed by atoms with Crippen LogP contribution in [0.2, 0.25) is 0 Å². The average Bonchev–Trinajstić information content (AvgIpc) is 2.28. The lowest BCUT2D eigenvalue weighted by molar-refractivity contribution is 0.0665. The van der Waals surface area contributed by atoms with Crippen LogP contribution in [0.4, 0.5) is 5.69 Å². The highest BCUT2D eigenvalue weighted by Gasteiger charge is 2.18. The van der Waals surface area contributed by atoms with E-state index < -0.39 is 0 Å². The molecular weight excluding hydrogens is 331 g/mol. The first-order valence-corrected chi connectivity index (χ1v) is 6.52. The van der Waals surface area contributed by atoms with Crippen molar-refractivity contribution >= 4 is 34.2 Å². The number of rotatable bonds is 4. The summed E-state index contributed by atoms with van der Waals surface area (Å²) in [5.41, 5.74) is 6.98. The van der Waals surface area contributed by atoms with Crippen LogP contribution >= 0.6 is 22.6 Å². The van der Waals surface area contributed by atoms with Gasteiger partial charge in [-0.25, -0.2) is 0 Å². The van der Waals surface area contributed by atoms with Gasteiger partial charge in [-0.2, -0.15) is 0 Å². The lowest BCUT2D eigenvalue weighted by atomic mass is 10.1. The molecule has 0 aliphatic rings. The zero-order chi connectivity index (χ0) is 13.0. The molecule has 0 aliphatic heterocycles. The number of aliphatic hydroxyl groups is 1. The van der Waals surface area contributed by atoms with Crippen molar-refractivity contribution in [2.75, 3.05) is 18.9 Å². The molecule has 0 saturated carbocycles. The van der Waals surface area contributed by atoms with Gasteiger partial charge in [0.25, 0.3) is 5.91 Å². The highest BCUT2D eigenvalue weighted by atomic mass is 127. The summed E-state index contributed by atoms with van der Waals surface area (Å²) < 4.78 is 0.862. The normalized spacial score (nSPS) is 10.6. The summed E-state index contributed by atoms with van der Waals surface area (Å²) in [5.74, 6) is -0.0769. The summed E-state index contributed by atoms with van der Waals surface area (Å²) in [6, 6.07) is 5.27. The van der Waals surface area contributed by atoms with E-state index in [1.807, 2.05) is 13.8 Å². The van der Waals surface area contributed by atoms with Gasteiger partial charge in [-0.3, -0.25) is 4.79 Å². The standard InChI is InChI=1S/C12H17IN2O2/c1-8(2)15(5-6-16)12(17)9-3-4-11(14)10(13)7-9/h3-4,7-8,16H,5-6,14H2,1-2H3. The number of hydrogen-bond acceptors (Lipinski definition) is 3. The number of amides is 1. The predicted molar refractivity (Wildman–Crippen MR) is 76.8 cm³/mol. The molecule has 94 valence electrons. The van der Waals surface area contributed by atoms with Crippen molar-refractivity contribution in [2.24, 2.45) is 0 Å². The molecule has 0 spiro atoms. The Bertz CT molecular complexity index is 407. The van der Waals surface area contributed by atoms with E-state index in [0.29, 0.717) is 17.8 Å². The van der Waals surface area contributed by atoms with Crippen LogP contribution < -0.4 is 5.73 Å². The number of aliphatic hydroxyl groups excluding tert-OH is 1. The van der Waals surface area contributed by atoms with E-state index in [2.05, 4.69) is 22.6 Å². The van der Waals surface area contributed by atoms with Gasteiger partial charge in [0.05, 0.1) is 6.61 Å². The number of hydrogen-bond donors (Lipinski definition) is 2. The van der Waals surface area contributed by atoms with Crippen molar-refractivity contribution in [3.8, 4) is 0 Å². The third kappa shape index (κ3) is 3.57. The van der Waals surface area contributed by atoms with E-state index in [4.69, 9.17) is 10.8 Å². The monoisotopic (exact) mass is 348 g/mol. The van der Waals surface area contributed by atoms with Gasteiger partial charge >= 0.3 is 0 Å². The van der Waals surface area contributed by atoms with Gasteiger partial charge in [0.2, 0.25) is 0 Å². The van der Waals surface area contributed by atoms with Crippen LogP contribution in [0, 0.1) is 3.57 Å². The van der Waals surface area contributed by atoms with Crippen LogP contribution in [0.15, 0.2) is 18.2 Å². The van der Waals surface area contributed by atoms with Crippen LogP contribution in [0.25, 0.3) is 0 Å². The van der Waals surface area contributed by atoms with E-state index in [9.17, 15) is 4.79 Å². The second-order valence-electron chi connectivity index (χ2n) is 4.05. The maximum atomic E-state index is 12.2. The van der Waals surface area contributed by atoms with Crippen LogP contribution in [-0.4, -0.2) is 35.1 Å². The summed E-state index contributed by atoms with van der Waals surface area (Å²) in [6.45, 7) is 4.17. The average molecular weight is 348 g/mol. The van der Waals surface area contributed by atoms with Crippen LogP contribution in [0.3, 0.4) is 0 Å². The maximum absolute atomic E-state index is 12.2. The first-order valence-electron chi connectivity index (χ1n) is 5.44. The maximum Gasteiger partial charge on any atom is 0.254 e. The Kier molecular flexibility index (Phi) is 5.20. The van der Waals surface area contributed by atoms with Crippen LogP contribution in [0.1, 0.15) is 24.2 Å². The summed E-state index contributed by atoms with van der Waals surface area (Å²) in [4.78, 5) is 13.9. The second-order valence-corrected chi connectivity index (χ2v) is 5.21. The smallest absolute Gasteiger partial charge is 0.254 e. The van der Waals surface area contributed by atoms with Crippen molar-refractivity contribution in [1.82, 2.24) is 4.90 Å². The zero-order valence-corrected chi connectivity index (χ0v) is 12.1. The van der Waals surface area contributed by atoms with Gasteiger partial charge in [0.15, 0.2) is 0 Å². The first-order chi connectivity index (χ1) is 7.97. The number of carbonyl (C=O) groups excluding carboxylic acids is 1. The molecule has 0 atom stereocenters. The number of nitrogen functional groups attached to an aromatic ring is 1. The summed E-state index contributed by atoms with van der Waals surface area (Å²) in [5, 5.41) is 8.96. The number of halogens is 1. The van der Waals surface area contributed by atoms with E-state index in [1.165, 1.54) is 0 Å². The molecule has 0 heterocycles. The molecule has 0 unspecified atom stereocenters. The minimum atomic E-state index is -0.0769. The van der Waals surface area contributed by atoms with Gasteiger partial charge in [0, 0.05) is 27.4 Å². The zero-order valence-electron chi connectivity index (χ0n) is 9.98. The Balaban J connectivity index is 2.97. The molecule has 3 N–H and O–H groups in total. The van der Waals surface area contributed by atoms with Crippen molar-refractivity contribution in [1.29, 1.82) is 0 Å². The molecule has 0 fully saturated rings. The van der Waals surface area contributed by atoms with E-state index in [0.717, 1.165) is 3.57 Å². The molecule has 1 aromatic carbocycles. The summed E-state index contributed by atoms with van der Waals surface area (Å²) >= 11 is 2.10. The SMILES string of the molecule is CC(C)N(CCO)C(=O)c1ccc(N)c(I)c1. The number of benzene rings is 1. The Morgan fingerprint density at radius 1 is 1.53 bits per heavy atom. The Labute approximate surface area is 115 Å². The quantitative estimate of drug-likeness (QED) is 0.643. The molecular formula is C12H17IN2O2. The Morgan fingerprint density at radius 2 is 2.18 bits per heavy atom. The van der Waals surface area contributed by atoms with Crippen molar-refractivity contribution in [2.45, 2.75) is 19.9 Å². The van der Waals surface area contributed by atoms with Crippen LogP contribution in [0.5, 0.6) is 0 Å². The molecule has 1 aromatic rings. The highest BCUT2D eigenvalue weighted by molar-refractivity contribution is 14.1. The van der Waals surface area contributed by atoms with E-state index >= 15 is 0 Å². The fourth-order valence-electron chi connectivity index (χ4n) is 1.53. The molecule has 0 aliphatic carbocycles.